The number of benzene rings is 1. The van der Waals surface area contributed by atoms with Crippen LogP contribution in [0.3, 0.4) is 0 Å². The third-order valence-electron chi connectivity index (χ3n) is 0.975. The van der Waals surface area contributed by atoms with Gasteiger partial charge in [-0.3, -0.25) is 0 Å². The summed E-state index contributed by atoms with van der Waals surface area (Å²) in [5.74, 6) is -0.209. The van der Waals surface area contributed by atoms with E-state index in [1.54, 1.807) is 6.07 Å². The number of phenols is 2. The van der Waals surface area contributed by atoms with E-state index in [1.165, 1.54) is 12.1 Å². The van der Waals surface area contributed by atoms with Crippen LogP contribution in [0.25, 0.3) is 0 Å². The summed E-state index contributed by atoms with van der Waals surface area (Å²) >= 11 is 0. The van der Waals surface area contributed by atoms with Crippen LogP contribution < -0.4 is 5.19 Å². The SMILES string of the molecule is Oc1ccc([Si])cc1O. The first kappa shape index (κ1) is 6.16. The second-order valence-corrected chi connectivity index (χ2v) is 2.28. The van der Waals surface area contributed by atoms with Gasteiger partial charge in [0.2, 0.25) is 0 Å². The minimum Gasteiger partial charge on any atom is -0.504 e. The molecule has 3 radical (unpaired) electrons. The molecular weight excluding hydrogens is 132 g/mol. The van der Waals surface area contributed by atoms with E-state index in [0.717, 1.165) is 5.19 Å². The highest BCUT2D eigenvalue weighted by Gasteiger charge is 1.94. The second kappa shape index (κ2) is 2.11. The minimum atomic E-state index is -0.109. The van der Waals surface area contributed by atoms with Crippen LogP contribution in [0, 0.1) is 0 Å². The van der Waals surface area contributed by atoms with Gasteiger partial charge in [0.25, 0.3) is 0 Å². The van der Waals surface area contributed by atoms with E-state index in [2.05, 4.69) is 10.2 Å². The van der Waals surface area contributed by atoms with Crippen LogP contribution >= 0.6 is 0 Å². The predicted octanol–water partition coefficient (Wildman–Crippen LogP) is -0.108. The summed E-state index contributed by atoms with van der Waals surface area (Å²) in [7, 11) is 3.17. The van der Waals surface area contributed by atoms with E-state index < -0.39 is 0 Å². The van der Waals surface area contributed by atoms with Crippen LogP contribution in [0.15, 0.2) is 18.2 Å². The summed E-state index contributed by atoms with van der Waals surface area (Å²) in [6.07, 6.45) is 0. The topological polar surface area (TPSA) is 40.5 Å². The monoisotopic (exact) mass is 137 g/mol. The average molecular weight is 137 g/mol. The number of hydrogen-bond acceptors (Lipinski definition) is 2. The Morgan fingerprint density at radius 2 is 1.78 bits per heavy atom. The molecule has 1 aromatic carbocycles. The third-order valence-corrected chi connectivity index (χ3v) is 1.29. The van der Waals surface area contributed by atoms with Crippen molar-refractivity contribution in [1.29, 1.82) is 0 Å². The molecule has 0 aromatic heterocycles. The lowest BCUT2D eigenvalue weighted by Crippen LogP contribution is -1.98. The molecule has 1 rings (SSSR count). The van der Waals surface area contributed by atoms with Crippen LogP contribution in [0.1, 0.15) is 0 Å². The van der Waals surface area contributed by atoms with Crippen molar-refractivity contribution in [2.75, 3.05) is 0 Å². The van der Waals surface area contributed by atoms with Gasteiger partial charge in [-0.2, -0.15) is 0 Å². The zero-order valence-corrected chi connectivity index (χ0v) is 5.63. The van der Waals surface area contributed by atoms with Crippen molar-refractivity contribution >= 4 is 15.4 Å². The fourth-order valence-corrected chi connectivity index (χ4v) is 0.743. The Morgan fingerprint density at radius 1 is 1.11 bits per heavy atom. The first-order chi connectivity index (χ1) is 4.20. The van der Waals surface area contributed by atoms with E-state index in [9.17, 15) is 0 Å². The van der Waals surface area contributed by atoms with E-state index in [0.29, 0.717) is 0 Å². The van der Waals surface area contributed by atoms with Crippen LogP contribution in [0.5, 0.6) is 11.5 Å². The Balaban J connectivity index is 3.17. The largest absolute Gasteiger partial charge is 0.504 e. The first-order valence-electron chi connectivity index (χ1n) is 2.44. The number of hydrogen-bond donors (Lipinski definition) is 2. The van der Waals surface area contributed by atoms with Gasteiger partial charge in [0, 0.05) is 0 Å². The van der Waals surface area contributed by atoms with E-state index in [-0.39, 0.29) is 11.5 Å². The molecule has 2 N–H and O–H groups in total. The van der Waals surface area contributed by atoms with Crippen molar-refractivity contribution in [1.82, 2.24) is 0 Å². The van der Waals surface area contributed by atoms with Crippen molar-refractivity contribution in [3.8, 4) is 11.5 Å². The molecule has 45 valence electrons. The van der Waals surface area contributed by atoms with Crippen molar-refractivity contribution in [3.05, 3.63) is 18.2 Å². The molecule has 0 saturated carbocycles. The first-order valence-corrected chi connectivity index (χ1v) is 2.94. The van der Waals surface area contributed by atoms with Gasteiger partial charge in [0.15, 0.2) is 11.5 Å². The maximum atomic E-state index is 8.82. The van der Waals surface area contributed by atoms with Gasteiger partial charge in [-0.05, 0) is 12.1 Å². The van der Waals surface area contributed by atoms with Gasteiger partial charge >= 0.3 is 0 Å². The Labute approximate surface area is 56.2 Å². The highest BCUT2D eigenvalue weighted by Crippen LogP contribution is 2.20. The predicted molar refractivity (Wildman–Crippen MR) is 35.2 cm³/mol. The molecule has 1 aromatic rings. The van der Waals surface area contributed by atoms with E-state index in [4.69, 9.17) is 10.2 Å². The summed E-state index contributed by atoms with van der Waals surface area (Å²) in [4.78, 5) is 0. The van der Waals surface area contributed by atoms with Crippen molar-refractivity contribution < 1.29 is 10.2 Å². The Morgan fingerprint density at radius 3 is 2.22 bits per heavy atom. The summed E-state index contributed by atoms with van der Waals surface area (Å²) in [6, 6.07) is 4.48. The smallest absolute Gasteiger partial charge is 0.157 e. The molecule has 0 amide bonds. The maximum Gasteiger partial charge on any atom is 0.157 e. The van der Waals surface area contributed by atoms with Gasteiger partial charge in [-0.15, -0.1) is 0 Å². The highest BCUT2D eigenvalue weighted by atomic mass is 28.1. The lowest BCUT2D eigenvalue weighted by atomic mass is 10.3. The Hall–Kier alpha value is -0.963. The summed E-state index contributed by atoms with van der Waals surface area (Å²) in [5.41, 5.74) is 0. The standard InChI is InChI=1S/C6H5O2Si/c7-5-2-1-4(9)3-6(5)8/h1-3,7-8H. The Bertz CT molecular complexity index is 222. The van der Waals surface area contributed by atoms with Crippen LogP contribution in [-0.2, 0) is 0 Å². The fraction of sp³-hybridized carbons (Fsp3) is 0. The van der Waals surface area contributed by atoms with Crippen molar-refractivity contribution in [3.63, 3.8) is 0 Å². The molecule has 0 fully saturated rings. The number of phenolic OH excluding ortho intramolecular Hbond substituents is 2. The molecular formula is C6H5O2Si. The maximum absolute atomic E-state index is 8.82. The highest BCUT2D eigenvalue weighted by molar-refractivity contribution is 6.32. The molecule has 0 saturated heterocycles. The van der Waals surface area contributed by atoms with Crippen molar-refractivity contribution in [2.24, 2.45) is 0 Å². The molecule has 0 spiro atoms. The quantitative estimate of drug-likeness (QED) is 0.387. The van der Waals surface area contributed by atoms with Gasteiger partial charge < -0.3 is 10.2 Å². The fourth-order valence-electron chi connectivity index (χ4n) is 0.523. The van der Waals surface area contributed by atoms with Crippen molar-refractivity contribution in [2.45, 2.75) is 0 Å². The molecule has 0 unspecified atom stereocenters. The molecule has 3 heteroatoms. The summed E-state index contributed by atoms with van der Waals surface area (Å²) in [5, 5.41) is 18.3. The zero-order valence-electron chi connectivity index (χ0n) is 4.63. The average Bonchev–Trinajstić information content (AvgIpc) is 1.80. The summed E-state index contributed by atoms with van der Waals surface area (Å²) in [6.45, 7) is 0. The molecule has 2 nitrogen and oxygen atoms in total. The lowest BCUT2D eigenvalue weighted by Gasteiger charge is -1.95. The molecule has 0 aliphatic heterocycles. The zero-order chi connectivity index (χ0) is 6.85. The second-order valence-electron chi connectivity index (χ2n) is 1.70. The number of rotatable bonds is 0. The number of aromatic hydroxyl groups is 2. The minimum absolute atomic E-state index is 0.1000. The van der Waals surface area contributed by atoms with E-state index >= 15 is 0 Å². The molecule has 0 aliphatic carbocycles. The molecule has 0 heterocycles. The van der Waals surface area contributed by atoms with Crippen LogP contribution in [-0.4, -0.2) is 20.5 Å². The normalized spacial score (nSPS) is 9.44. The van der Waals surface area contributed by atoms with Gasteiger partial charge in [-0.1, -0.05) is 11.3 Å². The molecule has 0 aliphatic rings. The van der Waals surface area contributed by atoms with E-state index in [1.807, 2.05) is 0 Å². The van der Waals surface area contributed by atoms with Gasteiger partial charge in [0.05, 0.1) is 10.2 Å². The molecule has 9 heavy (non-hydrogen) atoms. The molecule has 0 bridgehead atoms. The van der Waals surface area contributed by atoms with Crippen LogP contribution in [0.4, 0.5) is 0 Å². The van der Waals surface area contributed by atoms with Crippen LogP contribution in [0.2, 0.25) is 0 Å². The summed E-state index contributed by atoms with van der Waals surface area (Å²) < 4.78 is 0. The third kappa shape index (κ3) is 1.23. The van der Waals surface area contributed by atoms with Gasteiger partial charge in [-0.25, -0.2) is 0 Å². The lowest BCUT2D eigenvalue weighted by molar-refractivity contribution is 0.404. The Kier molecular flexibility index (Phi) is 1.44. The van der Waals surface area contributed by atoms with Gasteiger partial charge in [0.1, 0.15) is 0 Å². The molecule has 0 atom stereocenters.